The highest BCUT2D eigenvalue weighted by atomic mass is 19.4. The van der Waals surface area contributed by atoms with Crippen molar-refractivity contribution in [3.05, 3.63) is 41.2 Å². The largest absolute Gasteiger partial charge is 0.444 e. The molecule has 1 aliphatic heterocycles. The van der Waals surface area contributed by atoms with Gasteiger partial charge in [0.15, 0.2) is 0 Å². The fourth-order valence-corrected chi connectivity index (χ4v) is 2.67. The maximum absolute atomic E-state index is 12.6. The zero-order chi connectivity index (χ0) is 17.3. The van der Waals surface area contributed by atoms with Gasteiger partial charge in [-0.15, -0.1) is 0 Å². The molecule has 0 atom stereocenters. The number of hydrogen-bond acceptors (Lipinski definition) is 5. The molecule has 0 amide bonds. The van der Waals surface area contributed by atoms with Crippen LogP contribution in [-0.4, -0.2) is 41.0 Å². The summed E-state index contributed by atoms with van der Waals surface area (Å²) in [5, 5.41) is 0. The van der Waals surface area contributed by atoms with Gasteiger partial charge in [-0.25, -0.2) is 9.97 Å². The summed E-state index contributed by atoms with van der Waals surface area (Å²) in [6, 6.07) is 2.51. The van der Waals surface area contributed by atoms with Gasteiger partial charge in [0.1, 0.15) is 11.6 Å². The topological polar surface area (TPSA) is 45.4 Å². The fraction of sp³-hybridized carbons (Fsp3) is 0.500. The van der Waals surface area contributed by atoms with Gasteiger partial charge < -0.3 is 9.32 Å². The van der Waals surface area contributed by atoms with E-state index in [-0.39, 0.29) is 0 Å². The number of oxazole rings is 1. The molecule has 0 aromatic carbocycles. The van der Waals surface area contributed by atoms with Crippen LogP contribution in [0.4, 0.5) is 19.0 Å². The number of hydrogen-bond donors (Lipinski definition) is 0. The van der Waals surface area contributed by atoms with E-state index in [1.807, 2.05) is 18.7 Å². The van der Waals surface area contributed by atoms with E-state index in [1.165, 1.54) is 6.07 Å². The molecule has 2 aromatic heterocycles. The third-order valence-corrected chi connectivity index (χ3v) is 4.20. The van der Waals surface area contributed by atoms with Crippen molar-refractivity contribution in [1.82, 2.24) is 14.9 Å². The van der Waals surface area contributed by atoms with Crippen LogP contribution in [0, 0.1) is 13.8 Å². The molecule has 1 saturated heterocycles. The molecule has 3 heterocycles. The van der Waals surface area contributed by atoms with Crippen molar-refractivity contribution in [2.45, 2.75) is 26.6 Å². The van der Waals surface area contributed by atoms with Gasteiger partial charge in [-0.3, -0.25) is 4.90 Å². The van der Waals surface area contributed by atoms with E-state index in [0.717, 1.165) is 36.8 Å². The first-order chi connectivity index (χ1) is 11.3. The van der Waals surface area contributed by atoms with Gasteiger partial charge in [0.05, 0.1) is 17.8 Å². The minimum absolute atomic E-state index is 0.575. The zero-order valence-corrected chi connectivity index (χ0v) is 13.6. The molecular weight excluding hydrogens is 321 g/mol. The normalized spacial score (nSPS) is 16.6. The molecule has 5 nitrogen and oxygen atoms in total. The second kappa shape index (κ2) is 6.43. The van der Waals surface area contributed by atoms with E-state index in [0.29, 0.717) is 31.3 Å². The van der Waals surface area contributed by atoms with Gasteiger partial charge in [0.2, 0.25) is 5.89 Å². The second-order valence-corrected chi connectivity index (χ2v) is 5.92. The van der Waals surface area contributed by atoms with Crippen molar-refractivity contribution < 1.29 is 17.6 Å². The molecule has 0 saturated carbocycles. The predicted molar refractivity (Wildman–Crippen MR) is 82.7 cm³/mol. The standard InChI is InChI=1S/C16H19F3N4O/c1-11-12(2)24-15(21-11)10-22-5-7-23(8-6-22)14-4-3-13(9-20-14)16(17,18)19/h3-4,9H,5-8,10H2,1-2H3. The number of alkyl halides is 3. The highest BCUT2D eigenvalue weighted by Crippen LogP contribution is 2.29. The van der Waals surface area contributed by atoms with Crippen LogP contribution in [0.5, 0.6) is 0 Å². The number of piperazine rings is 1. The van der Waals surface area contributed by atoms with Crippen molar-refractivity contribution in [2.24, 2.45) is 0 Å². The summed E-state index contributed by atoms with van der Waals surface area (Å²) >= 11 is 0. The number of pyridine rings is 1. The smallest absolute Gasteiger partial charge is 0.417 e. The summed E-state index contributed by atoms with van der Waals surface area (Å²) in [5.74, 6) is 2.11. The molecule has 0 N–H and O–H groups in total. The van der Waals surface area contributed by atoms with E-state index < -0.39 is 11.7 Å². The Bertz CT molecular complexity index is 669. The second-order valence-electron chi connectivity index (χ2n) is 5.92. The Kier molecular flexibility index (Phi) is 4.49. The minimum Gasteiger partial charge on any atom is -0.444 e. The van der Waals surface area contributed by atoms with E-state index >= 15 is 0 Å². The van der Waals surface area contributed by atoms with Crippen LogP contribution in [0.15, 0.2) is 22.7 Å². The quantitative estimate of drug-likeness (QED) is 0.859. The molecule has 1 fully saturated rings. The van der Waals surface area contributed by atoms with Gasteiger partial charge in [0.25, 0.3) is 0 Å². The SMILES string of the molecule is Cc1nc(CN2CCN(c3ccc(C(F)(F)F)cn3)CC2)oc1C. The van der Waals surface area contributed by atoms with E-state index in [4.69, 9.17) is 4.42 Å². The maximum atomic E-state index is 12.6. The molecule has 0 spiro atoms. The lowest BCUT2D eigenvalue weighted by Gasteiger charge is -2.34. The predicted octanol–water partition coefficient (Wildman–Crippen LogP) is 3.03. The first kappa shape index (κ1) is 16.8. The number of rotatable bonds is 3. The molecule has 8 heteroatoms. The summed E-state index contributed by atoms with van der Waals surface area (Å²) in [5.41, 5.74) is 0.178. The van der Waals surface area contributed by atoms with Crippen molar-refractivity contribution in [2.75, 3.05) is 31.1 Å². The molecule has 0 aliphatic carbocycles. The van der Waals surface area contributed by atoms with E-state index in [1.54, 1.807) is 0 Å². The number of nitrogens with zero attached hydrogens (tertiary/aromatic N) is 4. The van der Waals surface area contributed by atoms with Crippen LogP contribution < -0.4 is 4.90 Å². The average Bonchev–Trinajstić information content (AvgIpc) is 2.85. The molecule has 0 radical (unpaired) electrons. The van der Waals surface area contributed by atoms with Gasteiger partial charge >= 0.3 is 6.18 Å². The van der Waals surface area contributed by atoms with Crippen LogP contribution in [0.2, 0.25) is 0 Å². The lowest BCUT2D eigenvalue weighted by molar-refractivity contribution is -0.137. The monoisotopic (exact) mass is 340 g/mol. The Morgan fingerprint density at radius 3 is 2.33 bits per heavy atom. The van der Waals surface area contributed by atoms with Crippen molar-refractivity contribution >= 4 is 5.82 Å². The van der Waals surface area contributed by atoms with E-state index in [2.05, 4.69) is 14.9 Å². The number of aryl methyl sites for hydroxylation is 2. The molecule has 24 heavy (non-hydrogen) atoms. The summed E-state index contributed by atoms with van der Waals surface area (Å²) in [7, 11) is 0. The van der Waals surface area contributed by atoms with Gasteiger partial charge in [-0.2, -0.15) is 13.2 Å². The molecule has 3 rings (SSSR count). The van der Waals surface area contributed by atoms with E-state index in [9.17, 15) is 13.2 Å². The average molecular weight is 340 g/mol. The Morgan fingerprint density at radius 2 is 1.83 bits per heavy atom. The first-order valence-corrected chi connectivity index (χ1v) is 7.76. The summed E-state index contributed by atoms with van der Waals surface area (Å²) in [6.45, 7) is 7.42. The highest BCUT2D eigenvalue weighted by molar-refractivity contribution is 5.40. The molecular formula is C16H19F3N4O. The molecule has 2 aromatic rings. The molecule has 1 aliphatic rings. The molecule has 0 unspecified atom stereocenters. The van der Waals surface area contributed by atoms with Crippen molar-refractivity contribution in [1.29, 1.82) is 0 Å². The van der Waals surface area contributed by atoms with Crippen LogP contribution in [0.3, 0.4) is 0 Å². The minimum atomic E-state index is -4.35. The Labute approximate surface area is 138 Å². The molecule has 130 valence electrons. The summed E-state index contributed by atoms with van der Waals surface area (Å²) in [4.78, 5) is 12.5. The zero-order valence-electron chi connectivity index (χ0n) is 13.6. The third-order valence-electron chi connectivity index (χ3n) is 4.20. The third kappa shape index (κ3) is 3.69. The van der Waals surface area contributed by atoms with Gasteiger partial charge in [0, 0.05) is 32.4 Å². The van der Waals surface area contributed by atoms with Crippen LogP contribution >= 0.6 is 0 Å². The van der Waals surface area contributed by atoms with Gasteiger partial charge in [-0.05, 0) is 26.0 Å². The van der Waals surface area contributed by atoms with Gasteiger partial charge in [-0.1, -0.05) is 0 Å². The Balaban J connectivity index is 1.56. The maximum Gasteiger partial charge on any atom is 0.417 e. The highest BCUT2D eigenvalue weighted by Gasteiger charge is 2.31. The fourth-order valence-electron chi connectivity index (χ4n) is 2.67. The van der Waals surface area contributed by atoms with Crippen LogP contribution in [-0.2, 0) is 12.7 Å². The first-order valence-electron chi connectivity index (χ1n) is 7.76. The Hall–Kier alpha value is -2.09. The van der Waals surface area contributed by atoms with Crippen LogP contribution in [0.1, 0.15) is 22.9 Å². The van der Waals surface area contributed by atoms with Crippen molar-refractivity contribution in [3.8, 4) is 0 Å². The number of halogens is 3. The number of aromatic nitrogens is 2. The molecule has 0 bridgehead atoms. The van der Waals surface area contributed by atoms with Crippen LogP contribution in [0.25, 0.3) is 0 Å². The summed E-state index contributed by atoms with van der Waals surface area (Å²) in [6.07, 6.45) is -3.46. The lowest BCUT2D eigenvalue weighted by atomic mass is 10.2. The number of anilines is 1. The Morgan fingerprint density at radius 1 is 1.12 bits per heavy atom. The van der Waals surface area contributed by atoms with Crippen molar-refractivity contribution in [3.63, 3.8) is 0 Å². The summed E-state index contributed by atoms with van der Waals surface area (Å²) < 4.78 is 43.3. The lowest BCUT2D eigenvalue weighted by Crippen LogP contribution is -2.46.